The predicted octanol–water partition coefficient (Wildman–Crippen LogP) is 1.70. The van der Waals surface area contributed by atoms with Gasteiger partial charge in [0.2, 0.25) is 0 Å². The molecular formula is C10H14N+. The summed E-state index contributed by atoms with van der Waals surface area (Å²) in [7, 11) is 0. The summed E-state index contributed by atoms with van der Waals surface area (Å²) >= 11 is 0. The fraction of sp³-hybridized carbons (Fsp3) is 0.500. The van der Waals surface area contributed by atoms with E-state index in [9.17, 15) is 0 Å². The van der Waals surface area contributed by atoms with Gasteiger partial charge >= 0.3 is 0 Å². The molecule has 1 heteroatoms. The third-order valence-corrected chi connectivity index (χ3v) is 2.37. The van der Waals surface area contributed by atoms with Crippen molar-refractivity contribution in [3.8, 4) is 0 Å². The molecule has 0 aliphatic carbocycles. The number of fused-ring (bicyclic) bond motifs is 1. The Hall–Kier alpha value is -0.850. The summed E-state index contributed by atoms with van der Waals surface area (Å²) in [5, 5.41) is 0. The molecule has 0 radical (unpaired) electrons. The Balaban J connectivity index is 2.33. The number of aryl methyl sites for hydroxylation is 2. The maximum absolute atomic E-state index is 2.38. The third-order valence-electron chi connectivity index (χ3n) is 2.37. The van der Waals surface area contributed by atoms with Crippen LogP contribution >= 0.6 is 0 Å². The molecule has 0 atom stereocenters. The van der Waals surface area contributed by atoms with Gasteiger partial charge in [0.15, 0.2) is 11.9 Å². The zero-order chi connectivity index (χ0) is 7.52. The number of aromatic nitrogens is 1. The Morgan fingerprint density at radius 2 is 2.09 bits per heavy atom. The first-order chi connectivity index (χ1) is 5.47. The minimum atomic E-state index is 1.22. The fourth-order valence-corrected chi connectivity index (χ4v) is 1.72. The zero-order valence-electron chi connectivity index (χ0n) is 6.79. The lowest BCUT2D eigenvalue weighted by Crippen LogP contribution is -2.36. The summed E-state index contributed by atoms with van der Waals surface area (Å²) in [6.07, 6.45) is 7.56. The quantitative estimate of drug-likeness (QED) is 0.493. The van der Waals surface area contributed by atoms with Crippen molar-refractivity contribution in [3.63, 3.8) is 0 Å². The Morgan fingerprint density at radius 1 is 1.09 bits per heavy atom. The molecule has 0 bridgehead atoms. The van der Waals surface area contributed by atoms with E-state index in [-0.39, 0.29) is 0 Å². The molecule has 0 unspecified atom stereocenters. The van der Waals surface area contributed by atoms with Crippen LogP contribution in [0.4, 0.5) is 0 Å². The highest BCUT2D eigenvalue weighted by Gasteiger charge is 2.11. The standard InChI is InChI=1S/C10H14N/c1-2-6-10-7-3-5-9-11(10)8-4-1/h3,5,7,9H,1-2,4,6,8H2/q+1. The van der Waals surface area contributed by atoms with Gasteiger partial charge in [0.25, 0.3) is 0 Å². The second-order valence-corrected chi connectivity index (χ2v) is 3.20. The van der Waals surface area contributed by atoms with Gasteiger partial charge in [-0.25, -0.2) is 4.57 Å². The first-order valence-corrected chi connectivity index (χ1v) is 4.44. The number of hydrogen-bond donors (Lipinski definition) is 0. The van der Waals surface area contributed by atoms with Crippen LogP contribution in [0.2, 0.25) is 0 Å². The smallest absolute Gasteiger partial charge is 0.181 e. The lowest BCUT2D eigenvalue weighted by atomic mass is 10.2. The maximum Gasteiger partial charge on any atom is 0.181 e. The van der Waals surface area contributed by atoms with Crippen molar-refractivity contribution >= 4 is 0 Å². The monoisotopic (exact) mass is 148 g/mol. The van der Waals surface area contributed by atoms with Crippen LogP contribution in [0, 0.1) is 0 Å². The molecule has 0 spiro atoms. The largest absolute Gasteiger partial charge is 0.202 e. The molecule has 1 nitrogen and oxygen atoms in total. The molecular weight excluding hydrogens is 134 g/mol. The summed E-state index contributed by atoms with van der Waals surface area (Å²) in [5.41, 5.74) is 1.50. The van der Waals surface area contributed by atoms with Gasteiger partial charge in [-0.1, -0.05) is 6.07 Å². The van der Waals surface area contributed by atoms with Crippen LogP contribution in [0.25, 0.3) is 0 Å². The van der Waals surface area contributed by atoms with E-state index in [4.69, 9.17) is 0 Å². The van der Waals surface area contributed by atoms with Crippen molar-refractivity contribution in [1.29, 1.82) is 0 Å². The average molecular weight is 148 g/mol. The first-order valence-electron chi connectivity index (χ1n) is 4.44. The molecule has 1 aromatic rings. The number of pyridine rings is 1. The minimum absolute atomic E-state index is 1.22. The van der Waals surface area contributed by atoms with Crippen LogP contribution < -0.4 is 4.57 Å². The van der Waals surface area contributed by atoms with Crippen molar-refractivity contribution in [2.24, 2.45) is 0 Å². The number of hydrogen-bond acceptors (Lipinski definition) is 0. The highest BCUT2D eigenvalue weighted by Crippen LogP contribution is 2.06. The molecule has 2 rings (SSSR count). The lowest BCUT2D eigenvalue weighted by Gasteiger charge is -1.96. The first kappa shape index (κ1) is 6.84. The van der Waals surface area contributed by atoms with Gasteiger partial charge in [0.05, 0.1) is 0 Å². The van der Waals surface area contributed by atoms with Crippen molar-refractivity contribution < 1.29 is 4.57 Å². The Labute approximate surface area is 67.7 Å². The van der Waals surface area contributed by atoms with Gasteiger partial charge in [-0.05, 0) is 12.8 Å². The molecule has 0 saturated carbocycles. The molecule has 0 amide bonds. The Bertz CT molecular complexity index is 217. The van der Waals surface area contributed by atoms with Crippen LogP contribution in [0.5, 0.6) is 0 Å². The highest BCUT2D eigenvalue weighted by molar-refractivity contribution is 4.97. The normalized spacial score (nSPS) is 17.1. The predicted molar refractivity (Wildman–Crippen MR) is 44.2 cm³/mol. The second-order valence-electron chi connectivity index (χ2n) is 3.20. The van der Waals surface area contributed by atoms with Crippen molar-refractivity contribution in [1.82, 2.24) is 0 Å². The molecule has 1 aliphatic rings. The zero-order valence-corrected chi connectivity index (χ0v) is 6.79. The Kier molecular flexibility index (Phi) is 1.89. The van der Waals surface area contributed by atoms with E-state index in [1.807, 2.05) is 0 Å². The number of rotatable bonds is 0. The van der Waals surface area contributed by atoms with E-state index in [0.717, 1.165) is 0 Å². The van der Waals surface area contributed by atoms with Gasteiger partial charge < -0.3 is 0 Å². The maximum atomic E-state index is 2.38. The summed E-state index contributed by atoms with van der Waals surface area (Å²) in [5.74, 6) is 0. The molecule has 58 valence electrons. The Morgan fingerprint density at radius 3 is 3.09 bits per heavy atom. The topological polar surface area (TPSA) is 3.88 Å². The molecule has 0 fully saturated rings. The summed E-state index contributed by atoms with van der Waals surface area (Å²) in [6.45, 7) is 1.22. The molecule has 11 heavy (non-hydrogen) atoms. The van der Waals surface area contributed by atoms with Gasteiger partial charge in [-0.3, -0.25) is 0 Å². The van der Waals surface area contributed by atoms with Crippen LogP contribution in [0.15, 0.2) is 24.4 Å². The summed E-state index contributed by atoms with van der Waals surface area (Å²) in [6, 6.07) is 6.50. The van der Waals surface area contributed by atoms with Crippen molar-refractivity contribution in [2.45, 2.75) is 32.2 Å². The van der Waals surface area contributed by atoms with Gasteiger partial charge in [0, 0.05) is 25.0 Å². The molecule has 0 aromatic carbocycles. The van der Waals surface area contributed by atoms with E-state index >= 15 is 0 Å². The highest BCUT2D eigenvalue weighted by atomic mass is 15.0. The van der Waals surface area contributed by atoms with E-state index in [1.54, 1.807) is 0 Å². The molecule has 0 N–H and O–H groups in total. The van der Waals surface area contributed by atoms with Crippen molar-refractivity contribution in [2.75, 3.05) is 0 Å². The van der Waals surface area contributed by atoms with E-state index in [2.05, 4.69) is 29.0 Å². The lowest BCUT2D eigenvalue weighted by molar-refractivity contribution is -0.703. The van der Waals surface area contributed by atoms with E-state index in [0.29, 0.717) is 0 Å². The molecule has 0 saturated heterocycles. The van der Waals surface area contributed by atoms with Crippen LogP contribution in [-0.2, 0) is 13.0 Å². The molecule has 1 aromatic heterocycles. The van der Waals surface area contributed by atoms with Gasteiger partial charge in [0.1, 0.15) is 6.54 Å². The van der Waals surface area contributed by atoms with Crippen LogP contribution in [0.3, 0.4) is 0 Å². The van der Waals surface area contributed by atoms with Crippen LogP contribution in [0.1, 0.15) is 25.0 Å². The summed E-state index contributed by atoms with van der Waals surface area (Å²) in [4.78, 5) is 0. The fourth-order valence-electron chi connectivity index (χ4n) is 1.72. The van der Waals surface area contributed by atoms with E-state index < -0.39 is 0 Å². The van der Waals surface area contributed by atoms with E-state index in [1.165, 1.54) is 37.9 Å². The molecule has 1 aliphatic heterocycles. The third kappa shape index (κ3) is 1.42. The molecule has 2 heterocycles. The van der Waals surface area contributed by atoms with Crippen molar-refractivity contribution in [3.05, 3.63) is 30.1 Å². The number of nitrogens with zero attached hydrogens (tertiary/aromatic N) is 1. The van der Waals surface area contributed by atoms with Gasteiger partial charge in [-0.2, -0.15) is 0 Å². The average Bonchev–Trinajstić information content (AvgIpc) is 2.28. The minimum Gasteiger partial charge on any atom is -0.202 e. The summed E-state index contributed by atoms with van der Waals surface area (Å²) < 4.78 is 2.38. The SMILES string of the molecule is c1cc[n+]2c(c1)CCCCC2. The van der Waals surface area contributed by atoms with Gasteiger partial charge in [-0.15, -0.1) is 0 Å². The second kappa shape index (κ2) is 3.04. The van der Waals surface area contributed by atoms with Crippen LogP contribution in [-0.4, -0.2) is 0 Å².